The molecule has 4 nitrogen and oxygen atoms in total. The molecule has 1 N–H and O–H groups in total. The summed E-state index contributed by atoms with van der Waals surface area (Å²) in [6, 6.07) is 0. The molecular weight excluding hydrogens is 168 g/mol. The summed E-state index contributed by atoms with van der Waals surface area (Å²) in [5.74, 6) is -0.943. The first-order chi connectivity index (χ1) is 5.20. The lowest BCUT2D eigenvalue weighted by atomic mass is 10.2. The van der Waals surface area contributed by atoms with Gasteiger partial charge in [-0.25, -0.2) is 9.97 Å². The SMILES string of the molecule is O=C(O)Cc1cncnc1Cl. The van der Waals surface area contributed by atoms with Crippen molar-refractivity contribution in [3.8, 4) is 0 Å². The molecule has 0 radical (unpaired) electrons. The van der Waals surface area contributed by atoms with Crippen molar-refractivity contribution in [3.05, 3.63) is 23.2 Å². The van der Waals surface area contributed by atoms with Crippen LogP contribution in [0.5, 0.6) is 0 Å². The van der Waals surface area contributed by atoms with Crippen molar-refractivity contribution in [1.82, 2.24) is 9.97 Å². The summed E-state index contributed by atoms with van der Waals surface area (Å²) in [7, 11) is 0. The van der Waals surface area contributed by atoms with E-state index in [0.717, 1.165) is 0 Å². The van der Waals surface area contributed by atoms with Gasteiger partial charge in [-0.15, -0.1) is 0 Å². The largest absolute Gasteiger partial charge is 0.481 e. The lowest BCUT2D eigenvalue weighted by Gasteiger charge is -1.96. The number of rotatable bonds is 2. The van der Waals surface area contributed by atoms with Gasteiger partial charge in [-0.2, -0.15) is 0 Å². The second-order valence-electron chi connectivity index (χ2n) is 1.91. The summed E-state index contributed by atoms with van der Waals surface area (Å²) in [4.78, 5) is 17.5. The zero-order valence-electron chi connectivity index (χ0n) is 5.49. The fourth-order valence-electron chi connectivity index (χ4n) is 0.625. The van der Waals surface area contributed by atoms with E-state index >= 15 is 0 Å². The lowest BCUT2D eigenvalue weighted by Crippen LogP contribution is -2.01. The first-order valence-electron chi connectivity index (χ1n) is 2.86. The number of carboxylic acids is 1. The average Bonchev–Trinajstić information content (AvgIpc) is 1.93. The van der Waals surface area contributed by atoms with Crippen LogP contribution in [-0.4, -0.2) is 21.0 Å². The van der Waals surface area contributed by atoms with Crippen LogP contribution in [0.15, 0.2) is 12.5 Å². The molecule has 0 unspecified atom stereocenters. The normalized spacial score (nSPS) is 9.55. The van der Waals surface area contributed by atoms with E-state index in [0.29, 0.717) is 5.56 Å². The summed E-state index contributed by atoms with van der Waals surface area (Å²) < 4.78 is 0. The van der Waals surface area contributed by atoms with Crippen LogP contribution in [0.3, 0.4) is 0 Å². The van der Waals surface area contributed by atoms with Crippen molar-refractivity contribution in [2.24, 2.45) is 0 Å². The summed E-state index contributed by atoms with van der Waals surface area (Å²) in [6.45, 7) is 0. The highest BCUT2D eigenvalue weighted by Crippen LogP contribution is 2.09. The third-order valence-electron chi connectivity index (χ3n) is 1.07. The number of carboxylic acid groups (broad SMARTS) is 1. The lowest BCUT2D eigenvalue weighted by molar-refractivity contribution is -0.136. The molecule has 0 aliphatic heterocycles. The molecule has 0 atom stereocenters. The van der Waals surface area contributed by atoms with Crippen molar-refractivity contribution in [2.75, 3.05) is 0 Å². The van der Waals surface area contributed by atoms with Gasteiger partial charge in [0, 0.05) is 11.8 Å². The van der Waals surface area contributed by atoms with Gasteiger partial charge in [-0.05, 0) is 0 Å². The van der Waals surface area contributed by atoms with Crippen LogP contribution in [0, 0.1) is 0 Å². The van der Waals surface area contributed by atoms with E-state index in [9.17, 15) is 4.79 Å². The molecule has 1 aromatic heterocycles. The number of aromatic nitrogens is 2. The second-order valence-corrected chi connectivity index (χ2v) is 2.27. The van der Waals surface area contributed by atoms with E-state index in [4.69, 9.17) is 16.7 Å². The quantitative estimate of drug-likeness (QED) is 0.669. The first kappa shape index (κ1) is 7.94. The standard InChI is InChI=1S/C6H5ClN2O2/c7-6-4(1-5(10)11)2-8-3-9-6/h2-3H,1H2,(H,10,11). The Morgan fingerprint density at radius 3 is 3.00 bits per heavy atom. The molecule has 0 aromatic carbocycles. The van der Waals surface area contributed by atoms with Crippen LogP contribution < -0.4 is 0 Å². The highest BCUT2D eigenvalue weighted by atomic mass is 35.5. The van der Waals surface area contributed by atoms with Crippen molar-refractivity contribution in [3.63, 3.8) is 0 Å². The Labute approximate surface area is 67.9 Å². The maximum atomic E-state index is 10.2. The molecule has 0 spiro atoms. The van der Waals surface area contributed by atoms with Crippen molar-refractivity contribution < 1.29 is 9.90 Å². The third-order valence-corrected chi connectivity index (χ3v) is 1.42. The van der Waals surface area contributed by atoms with Crippen LogP contribution >= 0.6 is 11.6 Å². The van der Waals surface area contributed by atoms with Gasteiger partial charge in [0.25, 0.3) is 0 Å². The topological polar surface area (TPSA) is 63.1 Å². The summed E-state index contributed by atoms with van der Waals surface area (Å²) >= 11 is 5.55. The van der Waals surface area contributed by atoms with Gasteiger partial charge in [0.2, 0.25) is 0 Å². The Hall–Kier alpha value is -1.16. The molecule has 1 aromatic rings. The number of carbonyl (C=O) groups is 1. The minimum Gasteiger partial charge on any atom is -0.481 e. The second kappa shape index (κ2) is 3.30. The van der Waals surface area contributed by atoms with E-state index in [-0.39, 0.29) is 11.6 Å². The van der Waals surface area contributed by atoms with Gasteiger partial charge < -0.3 is 5.11 Å². The van der Waals surface area contributed by atoms with E-state index in [1.807, 2.05) is 0 Å². The highest BCUT2D eigenvalue weighted by molar-refractivity contribution is 6.30. The zero-order valence-corrected chi connectivity index (χ0v) is 6.25. The number of nitrogens with zero attached hydrogens (tertiary/aromatic N) is 2. The number of aliphatic carboxylic acids is 1. The minimum absolute atomic E-state index is 0.139. The molecule has 0 saturated carbocycles. The molecule has 0 fully saturated rings. The fourth-order valence-corrected chi connectivity index (χ4v) is 0.784. The van der Waals surface area contributed by atoms with Gasteiger partial charge in [0.1, 0.15) is 11.5 Å². The van der Waals surface area contributed by atoms with Gasteiger partial charge in [0.05, 0.1) is 6.42 Å². The molecule has 0 amide bonds. The predicted molar refractivity (Wildman–Crippen MR) is 38.4 cm³/mol. The molecule has 0 bridgehead atoms. The minimum atomic E-state index is -0.943. The third kappa shape index (κ3) is 2.16. The number of halogens is 1. The van der Waals surface area contributed by atoms with E-state index in [2.05, 4.69) is 9.97 Å². The zero-order chi connectivity index (χ0) is 8.27. The molecule has 0 aliphatic carbocycles. The molecule has 1 rings (SSSR count). The van der Waals surface area contributed by atoms with Crippen LogP contribution in [0.2, 0.25) is 5.15 Å². The molecule has 0 saturated heterocycles. The highest BCUT2D eigenvalue weighted by Gasteiger charge is 2.04. The van der Waals surface area contributed by atoms with Crippen LogP contribution in [0.1, 0.15) is 5.56 Å². The van der Waals surface area contributed by atoms with Crippen molar-refractivity contribution in [2.45, 2.75) is 6.42 Å². The Morgan fingerprint density at radius 1 is 1.73 bits per heavy atom. The van der Waals surface area contributed by atoms with Gasteiger partial charge in [-0.3, -0.25) is 4.79 Å². The first-order valence-corrected chi connectivity index (χ1v) is 3.24. The van der Waals surface area contributed by atoms with Crippen LogP contribution in [-0.2, 0) is 11.2 Å². The summed E-state index contributed by atoms with van der Waals surface area (Å²) in [5.41, 5.74) is 0.432. The molecule has 58 valence electrons. The van der Waals surface area contributed by atoms with Gasteiger partial charge in [-0.1, -0.05) is 11.6 Å². The van der Waals surface area contributed by atoms with E-state index < -0.39 is 5.97 Å². The molecule has 5 heteroatoms. The Balaban J connectivity index is 2.86. The predicted octanol–water partition coefficient (Wildman–Crippen LogP) is 0.757. The van der Waals surface area contributed by atoms with Crippen LogP contribution in [0.4, 0.5) is 0 Å². The van der Waals surface area contributed by atoms with Crippen LogP contribution in [0.25, 0.3) is 0 Å². The van der Waals surface area contributed by atoms with Crippen molar-refractivity contribution >= 4 is 17.6 Å². The molecule has 11 heavy (non-hydrogen) atoms. The van der Waals surface area contributed by atoms with E-state index in [1.54, 1.807) is 0 Å². The number of hydrogen-bond acceptors (Lipinski definition) is 3. The monoisotopic (exact) mass is 172 g/mol. The Kier molecular flexibility index (Phi) is 2.38. The maximum absolute atomic E-state index is 10.2. The summed E-state index contributed by atoms with van der Waals surface area (Å²) in [5, 5.41) is 8.57. The van der Waals surface area contributed by atoms with Crippen molar-refractivity contribution in [1.29, 1.82) is 0 Å². The smallest absolute Gasteiger partial charge is 0.307 e. The molecule has 1 heterocycles. The fraction of sp³-hybridized carbons (Fsp3) is 0.167. The molecule has 0 aliphatic rings. The maximum Gasteiger partial charge on any atom is 0.307 e. The average molecular weight is 173 g/mol. The molecular formula is C6H5ClN2O2. The number of hydrogen-bond donors (Lipinski definition) is 1. The van der Waals surface area contributed by atoms with Gasteiger partial charge >= 0.3 is 5.97 Å². The van der Waals surface area contributed by atoms with Gasteiger partial charge in [0.15, 0.2) is 0 Å². The Bertz CT molecular complexity index is 277. The summed E-state index contributed by atoms with van der Waals surface area (Å²) in [6.07, 6.45) is 2.52. The van der Waals surface area contributed by atoms with E-state index in [1.165, 1.54) is 12.5 Å². The Morgan fingerprint density at radius 2 is 2.45 bits per heavy atom.